The Balaban J connectivity index is 1.33. The lowest BCUT2D eigenvalue weighted by Gasteiger charge is -2.45. The first-order valence-corrected chi connectivity index (χ1v) is 23.2. The molecule has 0 radical (unpaired) electrons. The van der Waals surface area contributed by atoms with Crippen molar-refractivity contribution in [2.24, 2.45) is 0 Å². The molecular weight excluding hydrogens is 787 g/mol. The second-order valence-electron chi connectivity index (χ2n) is 15.5. The summed E-state index contributed by atoms with van der Waals surface area (Å²) in [7, 11) is -7.61. The number of rotatable bonds is 5. The van der Waals surface area contributed by atoms with Gasteiger partial charge < -0.3 is 14.0 Å². The Hall–Kier alpha value is -7.51. The van der Waals surface area contributed by atoms with Crippen LogP contribution in [0.2, 0.25) is 0 Å². The van der Waals surface area contributed by atoms with Crippen LogP contribution in [0.25, 0.3) is 38.2 Å². The first-order chi connectivity index (χ1) is 29.6. The molecule has 0 saturated carbocycles. The van der Waals surface area contributed by atoms with Crippen LogP contribution >= 0.6 is 14.3 Å². The van der Waals surface area contributed by atoms with Crippen molar-refractivity contribution < 1.29 is 9.13 Å². The molecule has 2 unspecified atom stereocenters. The monoisotopic (exact) mass is 820 g/mol. The van der Waals surface area contributed by atoms with Crippen LogP contribution in [-0.4, -0.2) is 0 Å². The first-order valence-electron chi connectivity index (χ1n) is 19.8. The molecule has 2 aliphatic rings. The van der Waals surface area contributed by atoms with Gasteiger partial charge in [0.2, 0.25) is 0 Å². The van der Waals surface area contributed by atoms with E-state index in [0.29, 0.717) is 59.9 Å². The standard InChI is InChI=1S/C53H34N4O2P2/c1-34-19-21-47-49(23-34)60(58,45-17-7-14-41(28-45)38-11-4-9-36(25-38)32-54)51-30-43(39-12-5-10-37(26-39)33-55)31-52-53(51)57(47)48-22-20-35(2)24-50(48)61(52,59)46-18-8-15-42(29-46)40-13-6-16-44(27-40)56-3/h4-31H,1-2H3. The minimum Gasteiger partial charge on any atom is -0.308 e. The van der Waals surface area contributed by atoms with Gasteiger partial charge >= 0.3 is 0 Å². The number of nitrogens with zero attached hydrogens (tertiary/aromatic N) is 4. The van der Waals surface area contributed by atoms with Gasteiger partial charge in [-0.1, -0.05) is 102 Å². The van der Waals surface area contributed by atoms with Crippen LogP contribution in [0.1, 0.15) is 22.3 Å². The molecule has 2 atom stereocenters. The molecule has 2 aliphatic heterocycles. The number of hydrogen-bond acceptors (Lipinski definition) is 5. The fourth-order valence-corrected chi connectivity index (χ4v) is 15.3. The number of nitriles is 2. The number of hydrogen-bond donors (Lipinski definition) is 0. The van der Waals surface area contributed by atoms with Crippen LogP contribution < -0.4 is 36.7 Å². The number of anilines is 3. The predicted molar refractivity (Wildman–Crippen MR) is 248 cm³/mol. The van der Waals surface area contributed by atoms with Crippen molar-refractivity contribution in [2.45, 2.75) is 13.8 Å². The van der Waals surface area contributed by atoms with Crippen molar-refractivity contribution in [1.29, 1.82) is 10.5 Å². The minimum atomic E-state index is -3.81. The summed E-state index contributed by atoms with van der Waals surface area (Å²) in [4.78, 5) is 5.81. The third-order valence-electron chi connectivity index (χ3n) is 11.8. The maximum Gasteiger partial charge on any atom is 0.187 e. The van der Waals surface area contributed by atoms with Gasteiger partial charge in [0.05, 0.1) is 46.9 Å². The zero-order chi connectivity index (χ0) is 42.0. The highest BCUT2D eigenvalue weighted by atomic mass is 31.2. The van der Waals surface area contributed by atoms with Gasteiger partial charge in [0.1, 0.15) is 0 Å². The highest BCUT2D eigenvalue weighted by Gasteiger charge is 2.50. The Morgan fingerprint density at radius 1 is 0.475 bits per heavy atom. The van der Waals surface area contributed by atoms with Crippen molar-refractivity contribution in [2.75, 3.05) is 4.90 Å². The molecule has 6 nitrogen and oxygen atoms in total. The van der Waals surface area contributed by atoms with Gasteiger partial charge in [-0.15, -0.1) is 0 Å². The van der Waals surface area contributed by atoms with E-state index in [0.717, 1.165) is 50.3 Å². The normalized spacial score (nSPS) is 16.9. The molecule has 288 valence electrons. The van der Waals surface area contributed by atoms with Crippen LogP contribution in [0, 0.1) is 43.1 Å². The minimum absolute atomic E-state index is 0.473. The molecule has 8 heteroatoms. The molecule has 0 bridgehead atoms. The number of benzene rings is 8. The summed E-state index contributed by atoms with van der Waals surface area (Å²) in [5.41, 5.74) is 10.3. The Bertz CT molecular complexity index is 3230. The van der Waals surface area contributed by atoms with E-state index in [4.69, 9.17) is 6.57 Å². The molecular formula is C53H34N4O2P2. The van der Waals surface area contributed by atoms with Gasteiger partial charge in [0.25, 0.3) is 0 Å². The quantitative estimate of drug-likeness (QED) is 0.127. The van der Waals surface area contributed by atoms with Crippen LogP contribution in [0.15, 0.2) is 170 Å². The lowest BCUT2D eigenvalue weighted by atomic mass is 10.0. The molecule has 10 rings (SSSR count). The summed E-state index contributed by atoms with van der Waals surface area (Å²) in [6.07, 6.45) is 0. The molecule has 2 heterocycles. The first kappa shape index (κ1) is 37.7. The smallest absolute Gasteiger partial charge is 0.187 e. The van der Waals surface area contributed by atoms with Gasteiger partial charge in [0.15, 0.2) is 20.0 Å². The van der Waals surface area contributed by atoms with E-state index >= 15 is 9.13 Å². The summed E-state index contributed by atoms with van der Waals surface area (Å²) in [6, 6.07) is 58.3. The van der Waals surface area contributed by atoms with Gasteiger partial charge in [-0.25, -0.2) is 4.85 Å². The van der Waals surface area contributed by atoms with E-state index < -0.39 is 14.3 Å². The zero-order valence-electron chi connectivity index (χ0n) is 33.2. The maximum absolute atomic E-state index is 17.1. The van der Waals surface area contributed by atoms with Crippen molar-refractivity contribution in [3.8, 4) is 45.5 Å². The lowest BCUT2D eigenvalue weighted by molar-refractivity contribution is 0.592. The summed E-state index contributed by atoms with van der Waals surface area (Å²) in [5, 5.41) is 23.4. The van der Waals surface area contributed by atoms with Gasteiger partial charge in [-0.2, -0.15) is 10.5 Å². The summed E-state index contributed by atoms with van der Waals surface area (Å²) >= 11 is 0. The highest BCUT2D eigenvalue weighted by Crippen LogP contribution is 2.61. The highest BCUT2D eigenvalue weighted by molar-refractivity contribution is 7.88. The van der Waals surface area contributed by atoms with Crippen LogP contribution in [-0.2, 0) is 9.13 Å². The Kier molecular flexibility index (Phi) is 8.88. The van der Waals surface area contributed by atoms with Gasteiger partial charge in [-0.05, 0) is 126 Å². The SMILES string of the molecule is [C-]#[N+]c1cccc(-c2cccc(P3(=O)c4cc(C)ccc4N4c5ccc(C)cc5P(=O)(c5cccc(-c6cccc(C#N)c6)c5)c5cc(-c6cccc(C#N)c6)cc3c54)c2)c1. The fourth-order valence-electron chi connectivity index (χ4n) is 8.87. The molecule has 8 aromatic carbocycles. The summed E-state index contributed by atoms with van der Waals surface area (Å²) < 4.78 is 34.1. The topological polar surface area (TPSA) is 89.3 Å². The fraction of sp³-hybridized carbons (Fsp3) is 0.0377. The number of fused-ring (bicyclic) bond motifs is 4. The van der Waals surface area contributed by atoms with Crippen molar-refractivity contribution in [3.05, 3.63) is 204 Å². The molecule has 61 heavy (non-hydrogen) atoms. The molecule has 0 N–H and O–H groups in total. The van der Waals surface area contributed by atoms with E-state index in [-0.39, 0.29) is 0 Å². The van der Waals surface area contributed by atoms with E-state index in [1.54, 1.807) is 18.2 Å². The third kappa shape index (κ3) is 5.91. The van der Waals surface area contributed by atoms with Crippen LogP contribution in [0.5, 0.6) is 0 Å². The van der Waals surface area contributed by atoms with Gasteiger partial charge in [-0.3, -0.25) is 0 Å². The second-order valence-corrected chi connectivity index (χ2v) is 20.9. The summed E-state index contributed by atoms with van der Waals surface area (Å²) in [6.45, 7) is 11.7. The molecule has 0 aromatic heterocycles. The van der Waals surface area contributed by atoms with E-state index in [1.165, 1.54) is 0 Å². The van der Waals surface area contributed by atoms with Crippen LogP contribution in [0.4, 0.5) is 22.7 Å². The Morgan fingerprint density at radius 3 is 1.38 bits per heavy atom. The second kappa shape index (κ2) is 14.3. The maximum atomic E-state index is 17.1. The third-order valence-corrected chi connectivity index (χ3v) is 17.9. The molecule has 0 saturated heterocycles. The van der Waals surface area contributed by atoms with Crippen molar-refractivity contribution in [3.63, 3.8) is 0 Å². The lowest BCUT2D eigenvalue weighted by Crippen LogP contribution is -2.46. The van der Waals surface area contributed by atoms with Crippen molar-refractivity contribution >= 4 is 68.9 Å². The van der Waals surface area contributed by atoms with E-state index in [9.17, 15) is 10.5 Å². The molecule has 0 fully saturated rings. The zero-order valence-corrected chi connectivity index (χ0v) is 35.0. The number of aryl methyl sites for hydroxylation is 2. The molecule has 0 aliphatic carbocycles. The molecule has 0 spiro atoms. The average Bonchev–Trinajstić information content (AvgIpc) is 3.31. The van der Waals surface area contributed by atoms with E-state index in [2.05, 4.69) is 21.9 Å². The molecule has 8 aromatic rings. The van der Waals surface area contributed by atoms with Gasteiger partial charge in [0, 0.05) is 31.8 Å². The predicted octanol–water partition coefficient (Wildman–Crippen LogP) is 11.0. The Morgan fingerprint density at radius 2 is 0.902 bits per heavy atom. The van der Waals surface area contributed by atoms with Crippen molar-refractivity contribution in [1.82, 2.24) is 0 Å². The molecule has 0 amide bonds. The average molecular weight is 821 g/mol. The summed E-state index contributed by atoms with van der Waals surface area (Å²) in [5.74, 6) is 0. The van der Waals surface area contributed by atoms with E-state index in [1.807, 2.05) is 166 Å². The largest absolute Gasteiger partial charge is 0.308 e. The Labute approximate surface area is 354 Å². The van der Waals surface area contributed by atoms with Crippen LogP contribution in [0.3, 0.4) is 0 Å².